The van der Waals surface area contributed by atoms with Crippen molar-refractivity contribution < 1.29 is 17.9 Å². The number of unbranched alkanes of at least 4 members (excludes halogenated alkanes) is 1. The Balaban J connectivity index is 2.46. The number of halogens is 3. The van der Waals surface area contributed by atoms with Crippen molar-refractivity contribution in [1.82, 2.24) is 4.98 Å². The van der Waals surface area contributed by atoms with E-state index in [-0.39, 0.29) is 5.39 Å². The van der Waals surface area contributed by atoms with Crippen LogP contribution in [0.15, 0.2) is 30.5 Å². The van der Waals surface area contributed by atoms with Gasteiger partial charge in [-0.2, -0.15) is 13.2 Å². The van der Waals surface area contributed by atoms with Gasteiger partial charge < -0.3 is 4.74 Å². The van der Waals surface area contributed by atoms with Crippen LogP contribution in [0.25, 0.3) is 10.8 Å². The second kappa shape index (κ2) is 5.47. The minimum absolute atomic E-state index is 0.0731. The first-order valence-electron chi connectivity index (χ1n) is 6.11. The molecule has 0 saturated heterocycles. The van der Waals surface area contributed by atoms with Gasteiger partial charge in [-0.05, 0) is 6.42 Å². The molecule has 0 atom stereocenters. The number of pyridine rings is 1. The third kappa shape index (κ3) is 2.97. The van der Waals surface area contributed by atoms with E-state index < -0.39 is 11.9 Å². The first kappa shape index (κ1) is 13.6. The van der Waals surface area contributed by atoms with Crippen LogP contribution in [-0.4, -0.2) is 11.6 Å². The summed E-state index contributed by atoms with van der Waals surface area (Å²) in [7, 11) is 0. The molecule has 1 aromatic carbocycles. The van der Waals surface area contributed by atoms with Gasteiger partial charge in [0, 0.05) is 10.8 Å². The van der Waals surface area contributed by atoms with Gasteiger partial charge in [0.05, 0.1) is 12.8 Å². The van der Waals surface area contributed by atoms with E-state index in [1.54, 1.807) is 18.2 Å². The third-order valence-corrected chi connectivity index (χ3v) is 2.78. The molecule has 5 heteroatoms. The molecule has 2 aromatic rings. The first-order valence-corrected chi connectivity index (χ1v) is 6.11. The molecule has 0 amide bonds. The summed E-state index contributed by atoms with van der Waals surface area (Å²) in [5.41, 5.74) is -0.869. The number of fused-ring (bicyclic) bond motifs is 1. The second-order valence-corrected chi connectivity index (χ2v) is 4.22. The minimum atomic E-state index is -4.46. The van der Waals surface area contributed by atoms with E-state index >= 15 is 0 Å². The van der Waals surface area contributed by atoms with Crippen molar-refractivity contribution in [3.05, 3.63) is 36.2 Å². The van der Waals surface area contributed by atoms with Gasteiger partial charge in [-0.3, -0.25) is 0 Å². The number of hydrogen-bond donors (Lipinski definition) is 0. The number of ether oxygens (including phenoxy) is 1. The summed E-state index contributed by atoms with van der Waals surface area (Å²) in [6, 6.07) is 6.29. The van der Waals surface area contributed by atoms with E-state index in [9.17, 15) is 13.2 Å². The fourth-order valence-electron chi connectivity index (χ4n) is 1.83. The molecule has 0 saturated carbocycles. The van der Waals surface area contributed by atoms with Gasteiger partial charge in [-0.1, -0.05) is 37.6 Å². The molecule has 1 heterocycles. The molecule has 1 aromatic heterocycles. The number of nitrogens with zero attached hydrogens (tertiary/aromatic N) is 1. The minimum Gasteiger partial charge on any atom is -0.491 e. The lowest BCUT2D eigenvalue weighted by Gasteiger charge is -2.13. The predicted molar refractivity (Wildman–Crippen MR) is 67.1 cm³/mol. The Hall–Kier alpha value is -1.78. The van der Waals surface area contributed by atoms with Gasteiger partial charge in [0.1, 0.15) is 5.75 Å². The quantitative estimate of drug-likeness (QED) is 0.766. The predicted octanol–water partition coefficient (Wildman–Crippen LogP) is 4.43. The largest absolute Gasteiger partial charge is 0.491 e. The van der Waals surface area contributed by atoms with E-state index in [0.29, 0.717) is 17.7 Å². The molecule has 2 nitrogen and oxygen atoms in total. The lowest BCUT2D eigenvalue weighted by molar-refractivity contribution is -0.139. The fraction of sp³-hybridized carbons (Fsp3) is 0.357. The van der Waals surface area contributed by atoms with E-state index in [0.717, 1.165) is 19.0 Å². The standard InChI is InChI=1S/C14H14F3NO/c1-2-3-8-19-12-9-18-13(14(15,16)17)11-7-5-4-6-10(11)12/h4-7,9H,2-3,8H2,1H3. The molecule has 0 spiro atoms. The SMILES string of the molecule is CCCCOc1cnc(C(F)(F)F)c2ccccc12. The Morgan fingerprint density at radius 3 is 2.47 bits per heavy atom. The Morgan fingerprint density at radius 1 is 1.16 bits per heavy atom. The Bertz CT molecular complexity index is 566. The van der Waals surface area contributed by atoms with Gasteiger partial charge in [-0.25, -0.2) is 4.98 Å². The van der Waals surface area contributed by atoms with Crippen molar-refractivity contribution in [3.63, 3.8) is 0 Å². The summed E-state index contributed by atoms with van der Waals surface area (Å²) in [6.45, 7) is 2.50. The van der Waals surface area contributed by atoms with Crippen LogP contribution in [0.1, 0.15) is 25.5 Å². The highest BCUT2D eigenvalue weighted by atomic mass is 19.4. The highest BCUT2D eigenvalue weighted by Gasteiger charge is 2.34. The van der Waals surface area contributed by atoms with Crippen LogP contribution in [0.4, 0.5) is 13.2 Å². The summed E-state index contributed by atoms with van der Waals surface area (Å²) in [6.07, 6.45) is -1.48. The Kier molecular flexibility index (Phi) is 3.93. The zero-order valence-electron chi connectivity index (χ0n) is 10.5. The molecule has 2 rings (SSSR count). The molecule has 0 aliphatic rings. The monoisotopic (exact) mass is 269 g/mol. The second-order valence-electron chi connectivity index (χ2n) is 4.22. The number of alkyl halides is 3. The van der Waals surface area contributed by atoms with Gasteiger partial charge in [0.25, 0.3) is 0 Å². The topological polar surface area (TPSA) is 22.1 Å². The maximum absolute atomic E-state index is 12.9. The first-order chi connectivity index (χ1) is 9.04. The zero-order chi connectivity index (χ0) is 13.9. The number of aromatic nitrogens is 1. The maximum atomic E-state index is 12.9. The highest BCUT2D eigenvalue weighted by Crippen LogP contribution is 2.36. The number of hydrogen-bond acceptors (Lipinski definition) is 2. The van der Waals surface area contributed by atoms with Crippen molar-refractivity contribution in [2.24, 2.45) is 0 Å². The molecule has 0 fully saturated rings. The van der Waals surface area contributed by atoms with E-state index in [2.05, 4.69) is 4.98 Å². The van der Waals surface area contributed by atoms with Gasteiger partial charge in [0.2, 0.25) is 0 Å². The van der Waals surface area contributed by atoms with Crippen molar-refractivity contribution in [1.29, 1.82) is 0 Å². The van der Waals surface area contributed by atoms with Gasteiger partial charge in [-0.15, -0.1) is 0 Å². The normalized spacial score (nSPS) is 11.8. The van der Waals surface area contributed by atoms with E-state index in [4.69, 9.17) is 4.74 Å². The number of rotatable bonds is 4. The smallest absolute Gasteiger partial charge is 0.433 e. The fourth-order valence-corrected chi connectivity index (χ4v) is 1.83. The molecule has 0 radical (unpaired) electrons. The molecule has 0 unspecified atom stereocenters. The summed E-state index contributed by atoms with van der Waals surface area (Å²) in [5.74, 6) is 0.400. The molecule has 19 heavy (non-hydrogen) atoms. The zero-order valence-corrected chi connectivity index (χ0v) is 10.5. The highest BCUT2D eigenvalue weighted by molar-refractivity contribution is 5.90. The van der Waals surface area contributed by atoms with Crippen LogP contribution >= 0.6 is 0 Å². The molecular formula is C14H14F3NO. The molecule has 102 valence electrons. The molecule has 0 aliphatic heterocycles. The van der Waals surface area contributed by atoms with E-state index in [1.807, 2.05) is 6.92 Å². The van der Waals surface area contributed by atoms with Crippen LogP contribution < -0.4 is 4.74 Å². The Labute approximate surface area is 109 Å². The summed E-state index contributed by atoms with van der Waals surface area (Å²) in [5, 5.41) is 0.518. The van der Waals surface area contributed by atoms with Crippen molar-refractivity contribution in [3.8, 4) is 5.75 Å². The van der Waals surface area contributed by atoms with Crippen LogP contribution in [0.5, 0.6) is 5.75 Å². The van der Waals surface area contributed by atoms with Crippen LogP contribution in [0.2, 0.25) is 0 Å². The lowest BCUT2D eigenvalue weighted by Crippen LogP contribution is -2.09. The van der Waals surface area contributed by atoms with Gasteiger partial charge >= 0.3 is 6.18 Å². The summed E-state index contributed by atoms with van der Waals surface area (Å²) < 4.78 is 44.1. The summed E-state index contributed by atoms with van der Waals surface area (Å²) >= 11 is 0. The Morgan fingerprint density at radius 2 is 1.84 bits per heavy atom. The molecule has 0 bridgehead atoms. The molecule has 0 aliphatic carbocycles. The molecule has 0 N–H and O–H groups in total. The lowest BCUT2D eigenvalue weighted by atomic mass is 10.1. The molecular weight excluding hydrogens is 255 g/mol. The van der Waals surface area contributed by atoms with E-state index in [1.165, 1.54) is 6.07 Å². The average molecular weight is 269 g/mol. The third-order valence-electron chi connectivity index (χ3n) is 2.78. The van der Waals surface area contributed by atoms with Crippen LogP contribution in [-0.2, 0) is 6.18 Å². The van der Waals surface area contributed by atoms with Crippen LogP contribution in [0.3, 0.4) is 0 Å². The van der Waals surface area contributed by atoms with Crippen molar-refractivity contribution >= 4 is 10.8 Å². The van der Waals surface area contributed by atoms with Crippen LogP contribution in [0, 0.1) is 0 Å². The summed E-state index contributed by atoms with van der Waals surface area (Å²) in [4.78, 5) is 3.51. The average Bonchev–Trinajstić information content (AvgIpc) is 2.37. The number of benzene rings is 1. The van der Waals surface area contributed by atoms with Crippen molar-refractivity contribution in [2.45, 2.75) is 25.9 Å². The van der Waals surface area contributed by atoms with Crippen molar-refractivity contribution in [2.75, 3.05) is 6.61 Å². The van der Waals surface area contributed by atoms with Gasteiger partial charge in [0.15, 0.2) is 5.69 Å². The maximum Gasteiger partial charge on any atom is 0.433 e.